The lowest BCUT2D eigenvalue weighted by atomic mass is 10.2. The van der Waals surface area contributed by atoms with Crippen molar-refractivity contribution in [2.24, 2.45) is 0 Å². The molecule has 0 unspecified atom stereocenters. The molecular formula is C14H19N3O. The number of aromatic nitrogens is 1. The smallest absolute Gasteiger partial charge is 0.246 e. The van der Waals surface area contributed by atoms with Crippen LogP contribution < -0.4 is 0 Å². The fourth-order valence-corrected chi connectivity index (χ4v) is 2.03. The first-order valence-electron chi connectivity index (χ1n) is 6.39. The van der Waals surface area contributed by atoms with E-state index >= 15 is 0 Å². The second-order valence-corrected chi connectivity index (χ2v) is 4.38. The molecule has 2 rings (SSSR count). The Bertz CT molecular complexity index is 408. The topological polar surface area (TPSA) is 36.4 Å². The van der Waals surface area contributed by atoms with Crippen molar-refractivity contribution in [1.82, 2.24) is 14.8 Å². The van der Waals surface area contributed by atoms with Crippen LogP contribution in [0.4, 0.5) is 0 Å². The monoisotopic (exact) mass is 245 g/mol. The lowest BCUT2D eigenvalue weighted by molar-refractivity contribution is -0.127. The van der Waals surface area contributed by atoms with Crippen LogP contribution in [0.5, 0.6) is 0 Å². The number of hydrogen-bond donors (Lipinski definition) is 0. The normalized spacial score (nSPS) is 17.3. The number of carbonyl (C=O) groups is 1. The Morgan fingerprint density at radius 1 is 1.39 bits per heavy atom. The minimum Gasteiger partial charge on any atom is -0.337 e. The molecule has 4 heteroatoms. The number of hydrogen-bond acceptors (Lipinski definition) is 3. The van der Waals surface area contributed by atoms with Gasteiger partial charge in [-0.1, -0.05) is 13.0 Å². The minimum absolute atomic E-state index is 0.0922. The van der Waals surface area contributed by atoms with Crippen molar-refractivity contribution in [3.63, 3.8) is 0 Å². The van der Waals surface area contributed by atoms with Gasteiger partial charge in [-0.2, -0.15) is 0 Å². The van der Waals surface area contributed by atoms with E-state index in [1.54, 1.807) is 18.5 Å². The summed E-state index contributed by atoms with van der Waals surface area (Å²) in [7, 11) is 0. The maximum absolute atomic E-state index is 12.0. The zero-order valence-electron chi connectivity index (χ0n) is 10.7. The van der Waals surface area contributed by atoms with Crippen molar-refractivity contribution in [1.29, 1.82) is 0 Å². The van der Waals surface area contributed by atoms with Crippen LogP contribution in [0, 0.1) is 0 Å². The van der Waals surface area contributed by atoms with Crippen LogP contribution in [0.15, 0.2) is 30.6 Å². The van der Waals surface area contributed by atoms with Crippen molar-refractivity contribution in [2.75, 3.05) is 32.7 Å². The average molecular weight is 245 g/mol. The number of likely N-dealkylation sites (N-methyl/N-ethyl adjacent to an activating group) is 1. The van der Waals surface area contributed by atoms with Crippen molar-refractivity contribution in [3.8, 4) is 0 Å². The first-order chi connectivity index (χ1) is 8.79. The molecule has 18 heavy (non-hydrogen) atoms. The largest absolute Gasteiger partial charge is 0.337 e. The quantitative estimate of drug-likeness (QED) is 0.752. The summed E-state index contributed by atoms with van der Waals surface area (Å²) >= 11 is 0. The molecule has 0 bridgehead atoms. The fraction of sp³-hybridized carbons (Fsp3) is 0.429. The molecule has 0 atom stereocenters. The summed E-state index contributed by atoms with van der Waals surface area (Å²) in [5, 5.41) is 0. The van der Waals surface area contributed by atoms with Gasteiger partial charge in [0.25, 0.3) is 0 Å². The zero-order valence-corrected chi connectivity index (χ0v) is 10.7. The number of rotatable bonds is 3. The van der Waals surface area contributed by atoms with Crippen molar-refractivity contribution in [3.05, 3.63) is 36.2 Å². The van der Waals surface area contributed by atoms with Gasteiger partial charge in [-0.25, -0.2) is 0 Å². The van der Waals surface area contributed by atoms with Crippen molar-refractivity contribution in [2.45, 2.75) is 6.92 Å². The van der Waals surface area contributed by atoms with E-state index in [1.807, 2.05) is 23.1 Å². The molecule has 96 valence electrons. The predicted molar refractivity (Wildman–Crippen MR) is 72.0 cm³/mol. The maximum atomic E-state index is 12.0. The molecule has 0 spiro atoms. The van der Waals surface area contributed by atoms with Gasteiger partial charge in [0.2, 0.25) is 5.91 Å². The third-order valence-electron chi connectivity index (χ3n) is 3.23. The van der Waals surface area contributed by atoms with Gasteiger partial charge >= 0.3 is 0 Å². The summed E-state index contributed by atoms with van der Waals surface area (Å²) < 4.78 is 0. The lowest BCUT2D eigenvalue weighted by Gasteiger charge is -2.33. The molecule has 1 aromatic rings. The van der Waals surface area contributed by atoms with E-state index in [-0.39, 0.29) is 5.91 Å². The summed E-state index contributed by atoms with van der Waals surface area (Å²) in [6.07, 6.45) is 6.93. The molecule has 0 N–H and O–H groups in total. The average Bonchev–Trinajstić information content (AvgIpc) is 2.46. The first-order valence-corrected chi connectivity index (χ1v) is 6.39. The van der Waals surface area contributed by atoms with Crippen molar-refractivity contribution >= 4 is 12.0 Å². The van der Waals surface area contributed by atoms with Gasteiger partial charge in [0.05, 0.1) is 0 Å². The molecule has 0 radical (unpaired) electrons. The second kappa shape index (κ2) is 6.31. The molecule has 1 fully saturated rings. The molecule has 0 saturated carbocycles. The zero-order chi connectivity index (χ0) is 12.8. The molecule has 0 aromatic carbocycles. The molecule has 1 aliphatic heterocycles. The van der Waals surface area contributed by atoms with Gasteiger partial charge in [0.15, 0.2) is 0 Å². The molecule has 1 saturated heterocycles. The van der Waals surface area contributed by atoms with E-state index in [1.165, 1.54) is 0 Å². The molecule has 1 amide bonds. The second-order valence-electron chi connectivity index (χ2n) is 4.38. The van der Waals surface area contributed by atoms with Crippen LogP contribution >= 0.6 is 0 Å². The Labute approximate surface area is 108 Å². The third-order valence-corrected chi connectivity index (χ3v) is 3.23. The molecule has 1 aromatic heterocycles. The van der Waals surface area contributed by atoms with Crippen LogP contribution in [0.25, 0.3) is 6.08 Å². The predicted octanol–water partition coefficient (Wildman–Crippen LogP) is 1.26. The minimum atomic E-state index is 0.0922. The Morgan fingerprint density at radius 2 is 2.17 bits per heavy atom. The van der Waals surface area contributed by atoms with Crippen molar-refractivity contribution < 1.29 is 4.79 Å². The Hall–Kier alpha value is -1.68. The summed E-state index contributed by atoms with van der Waals surface area (Å²) in [5.74, 6) is 0.0922. The van der Waals surface area contributed by atoms with Gasteiger partial charge in [-0.05, 0) is 24.3 Å². The van der Waals surface area contributed by atoms with Gasteiger partial charge in [0, 0.05) is 44.6 Å². The van der Waals surface area contributed by atoms with Gasteiger partial charge < -0.3 is 9.80 Å². The number of amides is 1. The molecule has 2 heterocycles. The Balaban J connectivity index is 1.87. The third kappa shape index (κ3) is 3.40. The standard InChI is InChI=1S/C14H19N3O/c1-2-16-8-10-17(11-9-16)14(18)6-5-13-4-3-7-15-12-13/h3-7,12H,2,8-11H2,1H3/b6-5+. The van der Waals surface area contributed by atoms with E-state index in [2.05, 4.69) is 16.8 Å². The number of nitrogens with zero attached hydrogens (tertiary/aromatic N) is 3. The number of pyridine rings is 1. The Kier molecular flexibility index (Phi) is 4.47. The molecule has 4 nitrogen and oxygen atoms in total. The highest BCUT2D eigenvalue weighted by molar-refractivity contribution is 5.91. The molecular weight excluding hydrogens is 226 g/mol. The van der Waals surface area contributed by atoms with Crippen LogP contribution in [-0.4, -0.2) is 53.4 Å². The van der Waals surface area contributed by atoms with E-state index in [9.17, 15) is 4.79 Å². The van der Waals surface area contributed by atoms with Gasteiger partial charge in [-0.3, -0.25) is 9.78 Å². The highest BCUT2D eigenvalue weighted by atomic mass is 16.2. The summed E-state index contributed by atoms with van der Waals surface area (Å²) in [4.78, 5) is 20.2. The first kappa shape index (κ1) is 12.8. The van der Waals surface area contributed by atoms with E-state index < -0.39 is 0 Å². The summed E-state index contributed by atoms with van der Waals surface area (Å²) in [6.45, 7) is 6.81. The highest BCUT2D eigenvalue weighted by Crippen LogP contribution is 2.04. The molecule has 0 aliphatic carbocycles. The lowest BCUT2D eigenvalue weighted by Crippen LogP contribution is -2.48. The number of carbonyl (C=O) groups excluding carboxylic acids is 1. The van der Waals surface area contributed by atoms with Crippen LogP contribution in [0.3, 0.4) is 0 Å². The number of piperazine rings is 1. The van der Waals surface area contributed by atoms with Crippen LogP contribution in [0.1, 0.15) is 12.5 Å². The summed E-state index contributed by atoms with van der Waals surface area (Å²) in [5.41, 5.74) is 0.957. The van der Waals surface area contributed by atoms with E-state index in [0.717, 1.165) is 38.3 Å². The Morgan fingerprint density at radius 3 is 2.78 bits per heavy atom. The van der Waals surface area contributed by atoms with Crippen LogP contribution in [-0.2, 0) is 4.79 Å². The molecule has 1 aliphatic rings. The SMILES string of the molecule is CCN1CCN(C(=O)/C=C/c2cccnc2)CC1. The van der Waals surface area contributed by atoms with Crippen LogP contribution in [0.2, 0.25) is 0 Å². The fourth-order valence-electron chi connectivity index (χ4n) is 2.03. The van der Waals surface area contributed by atoms with E-state index in [4.69, 9.17) is 0 Å². The van der Waals surface area contributed by atoms with E-state index in [0.29, 0.717) is 0 Å². The maximum Gasteiger partial charge on any atom is 0.246 e. The van der Waals surface area contributed by atoms with Gasteiger partial charge in [0.1, 0.15) is 0 Å². The summed E-state index contributed by atoms with van der Waals surface area (Å²) in [6, 6.07) is 3.80. The highest BCUT2D eigenvalue weighted by Gasteiger charge is 2.17. The van der Waals surface area contributed by atoms with Gasteiger partial charge in [-0.15, -0.1) is 0 Å².